The molecular formula is C23H21N3O3S2. The van der Waals surface area contributed by atoms with Crippen molar-refractivity contribution in [3.8, 4) is 16.5 Å². The number of para-hydroxylation sites is 1. The smallest absolute Gasteiger partial charge is 0.321 e. The molecule has 0 bridgehead atoms. The number of rotatable bonds is 4. The first-order valence-corrected chi connectivity index (χ1v) is 12.3. The van der Waals surface area contributed by atoms with Crippen LogP contribution in [0.15, 0.2) is 70.9 Å². The molecular weight excluding hydrogens is 430 g/mol. The zero-order chi connectivity index (χ0) is 21.8. The molecule has 158 valence electrons. The number of likely N-dealkylation sites (tertiary alicyclic amines) is 1. The van der Waals surface area contributed by atoms with Gasteiger partial charge in [-0.05, 0) is 54.1 Å². The first kappa shape index (κ1) is 21.1. The highest BCUT2D eigenvalue weighted by Crippen LogP contribution is 2.29. The summed E-state index contributed by atoms with van der Waals surface area (Å²) in [7, 11) is -3.46. The maximum atomic E-state index is 13.1. The van der Waals surface area contributed by atoms with Gasteiger partial charge in [0.25, 0.3) is 0 Å². The second-order valence-electron chi connectivity index (χ2n) is 7.32. The van der Waals surface area contributed by atoms with Crippen molar-refractivity contribution in [2.24, 2.45) is 0 Å². The lowest BCUT2D eigenvalue weighted by atomic mass is 10.1. The lowest BCUT2D eigenvalue weighted by molar-refractivity contribution is 0.200. The van der Waals surface area contributed by atoms with Gasteiger partial charge in [-0.25, -0.2) is 13.2 Å². The fraction of sp³-hybridized carbons (Fsp3) is 0.217. The average Bonchev–Trinajstić information content (AvgIpc) is 3.34. The van der Waals surface area contributed by atoms with Crippen LogP contribution in [0.5, 0.6) is 0 Å². The number of nitrogens with zero attached hydrogens (tertiary/aromatic N) is 2. The number of amides is 2. The van der Waals surface area contributed by atoms with Gasteiger partial charge in [-0.3, -0.25) is 0 Å². The predicted octanol–water partition coefficient (Wildman–Crippen LogP) is 4.76. The number of piperidine rings is 1. The number of sulfone groups is 1. The summed E-state index contributed by atoms with van der Waals surface area (Å²) >= 11 is 1.61. The predicted molar refractivity (Wildman–Crippen MR) is 122 cm³/mol. The van der Waals surface area contributed by atoms with E-state index in [0.29, 0.717) is 42.1 Å². The van der Waals surface area contributed by atoms with Crippen molar-refractivity contribution in [3.63, 3.8) is 0 Å². The van der Waals surface area contributed by atoms with Crippen LogP contribution >= 0.6 is 11.3 Å². The van der Waals surface area contributed by atoms with Gasteiger partial charge in [0.2, 0.25) is 0 Å². The van der Waals surface area contributed by atoms with Crippen molar-refractivity contribution in [3.05, 3.63) is 71.6 Å². The van der Waals surface area contributed by atoms with Gasteiger partial charge in [0, 0.05) is 18.0 Å². The largest absolute Gasteiger partial charge is 0.324 e. The molecule has 2 heterocycles. The standard InChI is InChI=1S/C23H21N3O3S2/c24-16-18-4-1-2-5-21(18)25-23(27)26-13-11-20(12-14-26)31(28,29)19-9-7-17(8-10-19)22-6-3-15-30-22/h1-10,15,20H,11-14H2,(H,25,27). The lowest BCUT2D eigenvalue weighted by Gasteiger charge is -2.31. The quantitative estimate of drug-likeness (QED) is 0.619. The summed E-state index contributed by atoms with van der Waals surface area (Å²) in [6.45, 7) is 0.690. The van der Waals surface area contributed by atoms with Gasteiger partial charge >= 0.3 is 6.03 Å². The highest BCUT2D eigenvalue weighted by atomic mass is 32.2. The van der Waals surface area contributed by atoms with Gasteiger partial charge in [0.15, 0.2) is 9.84 Å². The summed E-state index contributed by atoms with van der Waals surface area (Å²) in [5.41, 5.74) is 1.84. The molecule has 8 heteroatoms. The molecule has 1 aromatic heterocycles. The van der Waals surface area contributed by atoms with Crippen molar-refractivity contribution in [2.45, 2.75) is 23.0 Å². The van der Waals surface area contributed by atoms with Crippen LogP contribution in [0.4, 0.5) is 10.5 Å². The molecule has 0 radical (unpaired) electrons. The highest BCUT2D eigenvalue weighted by Gasteiger charge is 2.32. The van der Waals surface area contributed by atoms with Gasteiger partial charge in [0.05, 0.1) is 21.4 Å². The van der Waals surface area contributed by atoms with E-state index in [1.165, 1.54) is 0 Å². The molecule has 1 saturated heterocycles. The Morgan fingerprint density at radius 2 is 1.74 bits per heavy atom. The Hall–Kier alpha value is -3.15. The highest BCUT2D eigenvalue weighted by molar-refractivity contribution is 7.92. The molecule has 31 heavy (non-hydrogen) atoms. The van der Waals surface area contributed by atoms with Gasteiger partial charge in [-0.2, -0.15) is 5.26 Å². The fourth-order valence-electron chi connectivity index (χ4n) is 3.70. The summed E-state index contributed by atoms with van der Waals surface area (Å²) in [5.74, 6) is 0. The van der Waals surface area contributed by atoms with Crippen molar-refractivity contribution in [2.75, 3.05) is 18.4 Å². The number of carbonyl (C=O) groups excluding carboxylic acids is 1. The van der Waals surface area contributed by atoms with E-state index in [-0.39, 0.29) is 6.03 Å². The number of hydrogen-bond donors (Lipinski definition) is 1. The zero-order valence-electron chi connectivity index (χ0n) is 16.7. The number of hydrogen-bond acceptors (Lipinski definition) is 5. The molecule has 0 atom stereocenters. The molecule has 2 aromatic carbocycles. The summed E-state index contributed by atoms with van der Waals surface area (Å²) in [6.07, 6.45) is 0.755. The molecule has 3 aromatic rings. The molecule has 1 aliphatic rings. The van der Waals surface area contributed by atoms with Crippen LogP contribution in [-0.4, -0.2) is 37.7 Å². The Labute approximate surface area is 185 Å². The molecule has 2 amide bonds. The van der Waals surface area contributed by atoms with Gasteiger partial charge in [-0.15, -0.1) is 11.3 Å². The van der Waals surface area contributed by atoms with Crippen LogP contribution in [0.3, 0.4) is 0 Å². The zero-order valence-corrected chi connectivity index (χ0v) is 18.3. The van der Waals surface area contributed by atoms with E-state index in [4.69, 9.17) is 5.26 Å². The number of nitrogens with one attached hydrogen (secondary N) is 1. The lowest BCUT2D eigenvalue weighted by Crippen LogP contribution is -2.44. The molecule has 1 aliphatic heterocycles. The van der Waals surface area contributed by atoms with Crippen LogP contribution in [-0.2, 0) is 9.84 Å². The summed E-state index contributed by atoms with van der Waals surface area (Å²) in [6, 6.07) is 19.5. The molecule has 0 aliphatic carbocycles. The Kier molecular flexibility index (Phi) is 6.07. The van der Waals surface area contributed by atoms with Crippen molar-refractivity contribution in [1.29, 1.82) is 5.26 Å². The van der Waals surface area contributed by atoms with Crippen molar-refractivity contribution in [1.82, 2.24) is 4.90 Å². The maximum Gasteiger partial charge on any atom is 0.321 e. The Morgan fingerprint density at radius 3 is 2.39 bits per heavy atom. The van der Waals surface area contributed by atoms with Crippen molar-refractivity contribution >= 4 is 32.9 Å². The number of nitriles is 1. The van der Waals surface area contributed by atoms with E-state index in [1.807, 2.05) is 35.7 Å². The average molecular weight is 452 g/mol. The number of benzene rings is 2. The van der Waals surface area contributed by atoms with Gasteiger partial charge in [-0.1, -0.05) is 30.3 Å². The molecule has 6 nitrogen and oxygen atoms in total. The second kappa shape index (κ2) is 8.92. The molecule has 4 rings (SSSR count). The van der Waals surface area contributed by atoms with Crippen LogP contribution in [0, 0.1) is 11.3 Å². The topological polar surface area (TPSA) is 90.3 Å². The van der Waals surface area contributed by atoms with E-state index in [9.17, 15) is 13.2 Å². The summed E-state index contributed by atoms with van der Waals surface area (Å²) in [4.78, 5) is 15.6. The Morgan fingerprint density at radius 1 is 1.03 bits per heavy atom. The molecule has 0 unspecified atom stereocenters. The number of anilines is 1. The van der Waals surface area contributed by atoms with Gasteiger partial charge < -0.3 is 10.2 Å². The molecule has 1 N–H and O–H groups in total. The third-order valence-electron chi connectivity index (χ3n) is 5.45. The van der Waals surface area contributed by atoms with Crippen LogP contribution in [0.25, 0.3) is 10.4 Å². The van der Waals surface area contributed by atoms with Crippen LogP contribution in [0.1, 0.15) is 18.4 Å². The summed E-state index contributed by atoms with van der Waals surface area (Å²) < 4.78 is 26.2. The van der Waals surface area contributed by atoms with E-state index >= 15 is 0 Å². The molecule has 0 saturated carbocycles. The van der Waals surface area contributed by atoms with E-state index in [1.54, 1.807) is 52.6 Å². The third-order valence-corrected chi connectivity index (χ3v) is 8.64. The van der Waals surface area contributed by atoms with E-state index in [2.05, 4.69) is 5.32 Å². The van der Waals surface area contributed by atoms with Crippen LogP contribution < -0.4 is 5.32 Å². The van der Waals surface area contributed by atoms with E-state index in [0.717, 1.165) is 10.4 Å². The number of urea groups is 1. The number of carbonyl (C=O) groups is 1. The number of thiophene rings is 1. The van der Waals surface area contributed by atoms with Gasteiger partial charge in [0.1, 0.15) is 6.07 Å². The van der Waals surface area contributed by atoms with Crippen molar-refractivity contribution < 1.29 is 13.2 Å². The maximum absolute atomic E-state index is 13.1. The second-order valence-corrected chi connectivity index (χ2v) is 10.5. The Bertz CT molecular complexity index is 1210. The third kappa shape index (κ3) is 4.48. The van der Waals surface area contributed by atoms with E-state index < -0.39 is 15.1 Å². The minimum absolute atomic E-state index is 0.318. The minimum Gasteiger partial charge on any atom is -0.324 e. The SMILES string of the molecule is N#Cc1ccccc1NC(=O)N1CCC(S(=O)(=O)c2ccc(-c3cccs3)cc2)CC1. The molecule has 1 fully saturated rings. The monoisotopic (exact) mass is 451 g/mol. The molecule has 0 spiro atoms. The summed E-state index contributed by atoms with van der Waals surface area (Å²) in [5, 5.41) is 13.4. The Balaban J connectivity index is 1.39. The first-order valence-electron chi connectivity index (χ1n) is 9.92. The first-order chi connectivity index (χ1) is 15.0. The van der Waals surface area contributed by atoms with Crippen LogP contribution in [0.2, 0.25) is 0 Å². The minimum atomic E-state index is -3.46. The normalized spacial score (nSPS) is 14.7. The fourth-order valence-corrected chi connectivity index (χ4v) is 6.16.